The number of carbonyl (C=O) groups is 1. The molecule has 1 atom stereocenters. The van der Waals surface area contributed by atoms with Gasteiger partial charge in [0.25, 0.3) is 5.52 Å². The van der Waals surface area contributed by atoms with Gasteiger partial charge in [-0.05, 0) is 55.5 Å². The highest BCUT2D eigenvalue weighted by molar-refractivity contribution is 7.83. The molecule has 0 saturated carbocycles. The number of rotatable bonds is 10. The Hall–Kier alpha value is -1.70. The molecule has 0 aliphatic heterocycles. The summed E-state index contributed by atoms with van der Waals surface area (Å²) >= 11 is 0. The monoisotopic (exact) mass is 386 g/mol. The first kappa shape index (κ1) is 21.6. The third-order valence-electron chi connectivity index (χ3n) is 5.00. The molecule has 0 saturated heterocycles. The van der Waals surface area contributed by atoms with Crippen LogP contribution in [0.2, 0.25) is 0 Å². The summed E-state index contributed by atoms with van der Waals surface area (Å²) in [5.41, 5.74) is 3.10. The molecular formula is C23H31O3P. The highest BCUT2D eigenvalue weighted by Crippen LogP contribution is 2.49. The molecule has 0 radical (unpaired) electrons. The fourth-order valence-corrected chi connectivity index (χ4v) is 5.37. The molecule has 27 heavy (non-hydrogen) atoms. The van der Waals surface area contributed by atoms with E-state index in [1.165, 1.54) is 38.4 Å². The van der Waals surface area contributed by atoms with Crippen molar-refractivity contribution in [2.24, 2.45) is 0 Å². The van der Waals surface area contributed by atoms with E-state index >= 15 is 0 Å². The number of hydrogen-bond acceptors (Lipinski definition) is 3. The predicted octanol–water partition coefficient (Wildman–Crippen LogP) is 6.21. The Morgan fingerprint density at radius 2 is 1.56 bits per heavy atom. The fourth-order valence-electron chi connectivity index (χ4n) is 3.54. The summed E-state index contributed by atoms with van der Waals surface area (Å²) < 4.78 is 18.7. The summed E-state index contributed by atoms with van der Waals surface area (Å²) in [5.74, 6) is 0. The van der Waals surface area contributed by atoms with Crippen LogP contribution >= 0.6 is 7.37 Å². The van der Waals surface area contributed by atoms with Crippen LogP contribution in [0.1, 0.15) is 66.1 Å². The topological polar surface area (TPSA) is 43.4 Å². The number of unbranched alkanes of at least 4 members (excludes halogenated alkanes) is 4. The third-order valence-corrected chi connectivity index (χ3v) is 7.25. The van der Waals surface area contributed by atoms with E-state index < -0.39 is 12.9 Å². The average molecular weight is 386 g/mol. The summed E-state index contributed by atoms with van der Waals surface area (Å²) in [6.45, 7) is 6.06. The van der Waals surface area contributed by atoms with Crippen LogP contribution in [0.4, 0.5) is 0 Å². The third kappa shape index (κ3) is 5.18. The predicted molar refractivity (Wildman–Crippen MR) is 113 cm³/mol. The lowest BCUT2D eigenvalue weighted by atomic mass is 9.97. The second-order valence-corrected chi connectivity index (χ2v) is 9.53. The lowest BCUT2D eigenvalue weighted by Crippen LogP contribution is -2.16. The largest absolute Gasteiger partial charge is 0.323 e. The summed E-state index contributed by atoms with van der Waals surface area (Å²) in [4.78, 5) is 13.2. The van der Waals surface area contributed by atoms with E-state index in [1.54, 1.807) is 24.3 Å². The summed E-state index contributed by atoms with van der Waals surface area (Å²) in [7, 11) is -2.26. The Morgan fingerprint density at radius 3 is 2.11 bits per heavy atom. The van der Waals surface area contributed by atoms with Gasteiger partial charge in [0.2, 0.25) is 0 Å². The molecular weight excluding hydrogens is 355 g/mol. The second kappa shape index (κ2) is 10.0. The van der Waals surface area contributed by atoms with Crippen LogP contribution in [0.3, 0.4) is 0 Å². The lowest BCUT2D eigenvalue weighted by Gasteiger charge is -2.18. The van der Waals surface area contributed by atoms with Crippen molar-refractivity contribution in [3.63, 3.8) is 0 Å². The van der Waals surface area contributed by atoms with Gasteiger partial charge in [0.05, 0.1) is 0 Å². The van der Waals surface area contributed by atoms with Crippen LogP contribution in [0.15, 0.2) is 42.5 Å². The maximum absolute atomic E-state index is 13.4. The van der Waals surface area contributed by atoms with Crippen molar-refractivity contribution in [2.75, 3.05) is 7.11 Å². The van der Waals surface area contributed by atoms with Gasteiger partial charge in [-0.1, -0.05) is 62.9 Å². The quantitative estimate of drug-likeness (QED) is 0.360. The number of hydrogen-bond donors (Lipinski definition) is 0. The van der Waals surface area contributed by atoms with Crippen molar-refractivity contribution in [1.82, 2.24) is 0 Å². The lowest BCUT2D eigenvalue weighted by molar-refractivity contribution is 0.105. The minimum atomic E-state index is -3.61. The minimum absolute atomic E-state index is 0.416. The van der Waals surface area contributed by atoms with Crippen molar-refractivity contribution in [1.29, 1.82) is 0 Å². The highest BCUT2D eigenvalue weighted by atomic mass is 31.2. The molecule has 2 rings (SSSR count). The molecule has 0 fully saturated rings. The van der Waals surface area contributed by atoms with E-state index in [9.17, 15) is 9.36 Å². The Bertz CT molecular complexity index is 789. The second-order valence-electron chi connectivity index (χ2n) is 7.14. The molecule has 0 aliphatic rings. The van der Waals surface area contributed by atoms with E-state index in [-0.39, 0.29) is 0 Å². The van der Waals surface area contributed by atoms with Gasteiger partial charge in [0.15, 0.2) is 0 Å². The molecule has 1 unspecified atom stereocenters. The molecule has 0 N–H and O–H groups in total. The maximum atomic E-state index is 13.4. The van der Waals surface area contributed by atoms with Gasteiger partial charge < -0.3 is 4.52 Å². The summed E-state index contributed by atoms with van der Waals surface area (Å²) in [6.07, 6.45) is 7.22. The van der Waals surface area contributed by atoms with Gasteiger partial charge in [-0.2, -0.15) is 0 Å². The van der Waals surface area contributed by atoms with Crippen LogP contribution in [0, 0.1) is 13.8 Å². The number of benzene rings is 2. The Morgan fingerprint density at radius 1 is 0.963 bits per heavy atom. The zero-order valence-electron chi connectivity index (χ0n) is 17.0. The van der Waals surface area contributed by atoms with Crippen molar-refractivity contribution in [3.8, 4) is 0 Å². The number of aryl methyl sites for hydroxylation is 3. The molecule has 146 valence electrons. The number of carbonyl (C=O) groups excluding carboxylic acids is 1. The molecule has 3 nitrogen and oxygen atoms in total. The van der Waals surface area contributed by atoms with Gasteiger partial charge in [0.1, 0.15) is 0 Å². The van der Waals surface area contributed by atoms with Crippen LogP contribution in [0.5, 0.6) is 0 Å². The minimum Gasteiger partial charge on any atom is -0.323 e. The Balaban J connectivity index is 2.25. The smallest absolute Gasteiger partial charge is 0.300 e. The van der Waals surface area contributed by atoms with Crippen molar-refractivity contribution in [3.05, 3.63) is 64.7 Å². The first-order chi connectivity index (χ1) is 12.9. The van der Waals surface area contributed by atoms with E-state index in [2.05, 4.69) is 19.1 Å². The average Bonchev–Trinajstić information content (AvgIpc) is 2.67. The molecule has 0 aliphatic carbocycles. The van der Waals surface area contributed by atoms with Gasteiger partial charge in [-0.3, -0.25) is 9.36 Å². The SMILES string of the molecule is CCCCCCCc1cc(C)c(C(=O)P(=O)(OC)c2ccccc2)c(C)c1. The zero-order valence-corrected chi connectivity index (χ0v) is 17.9. The van der Waals surface area contributed by atoms with Gasteiger partial charge in [-0.15, -0.1) is 0 Å². The van der Waals surface area contributed by atoms with Crippen molar-refractivity contribution in [2.45, 2.75) is 59.3 Å². The Labute approximate surface area is 163 Å². The molecule has 0 amide bonds. The molecule has 2 aromatic rings. The molecule has 0 heterocycles. The summed E-state index contributed by atoms with van der Waals surface area (Å²) in [6, 6.07) is 12.9. The first-order valence-electron chi connectivity index (χ1n) is 9.80. The normalized spacial score (nSPS) is 13.3. The van der Waals surface area contributed by atoms with E-state index in [1.807, 2.05) is 19.9 Å². The standard InChI is InChI=1S/C23H31O3P/c1-5-6-7-8-10-13-20-16-18(2)22(19(3)17-20)23(24)27(25,26-4)21-14-11-9-12-15-21/h9,11-12,14-17H,5-8,10,13H2,1-4H3. The van der Waals surface area contributed by atoms with Gasteiger partial charge in [0, 0.05) is 18.0 Å². The molecule has 4 heteroatoms. The molecule has 0 spiro atoms. The van der Waals surface area contributed by atoms with Crippen molar-refractivity contribution < 1.29 is 13.9 Å². The van der Waals surface area contributed by atoms with Crippen molar-refractivity contribution >= 4 is 18.2 Å². The zero-order chi connectivity index (χ0) is 19.9. The molecule has 0 aromatic heterocycles. The highest BCUT2D eigenvalue weighted by Gasteiger charge is 2.36. The van der Waals surface area contributed by atoms with Crippen LogP contribution < -0.4 is 5.30 Å². The fraction of sp³-hybridized carbons (Fsp3) is 0.435. The van der Waals surface area contributed by atoms with Crippen LogP contribution in [-0.2, 0) is 15.5 Å². The first-order valence-corrected chi connectivity index (χ1v) is 11.4. The molecule has 2 aromatic carbocycles. The van der Waals surface area contributed by atoms with E-state index in [0.29, 0.717) is 10.9 Å². The van der Waals surface area contributed by atoms with E-state index in [4.69, 9.17) is 4.52 Å². The Kier molecular flexibility index (Phi) is 8.01. The van der Waals surface area contributed by atoms with Crippen LogP contribution in [-0.4, -0.2) is 12.6 Å². The van der Waals surface area contributed by atoms with Crippen LogP contribution in [0.25, 0.3) is 0 Å². The van der Waals surface area contributed by atoms with Gasteiger partial charge in [-0.25, -0.2) is 0 Å². The molecule has 0 bridgehead atoms. The van der Waals surface area contributed by atoms with E-state index in [0.717, 1.165) is 24.0 Å². The maximum Gasteiger partial charge on any atom is 0.300 e. The van der Waals surface area contributed by atoms with Gasteiger partial charge >= 0.3 is 7.37 Å². The summed E-state index contributed by atoms with van der Waals surface area (Å²) in [5, 5.41) is 0.441.